The van der Waals surface area contributed by atoms with Crippen LogP contribution in [-0.2, 0) is 11.2 Å². The Morgan fingerprint density at radius 2 is 2.42 bits per heavy atom. The van der Waals surface area contributed by atoms with E-state index >= 15 is 0 Å². The largest absolute Gasteiger partial charge is 0.381 e. The van der Waals surface area contributed by atoms with Gasteiger partial charge in [-0.2, -0.15) is 0 Å². The summed E-state index contributed by atoms with van der Waals surface area (Å²) < 4.78 is 5.52. The Bertz CT molecular complexity index is 415. The van der Waals surface area contributed by atoms with Gasteiger partial charge in [-0.1, -0.05) is 6.07 Å². The van der Waals surface area contributed by atoms with Crippen molar-refractivity contribution in [2.45, 2.75) is 44.1 Å². The number of pyridine rings is 1. The molecule has 104 valence electrons. The molecule has 0 saturated carbocycles. The Morgan fingerprint density at radius 1 is 1.47 bits per heavy atom. The lowest BCUT2D eigenvalue weighted by atomic mass is 9.79. The van der Waals surface area contributed by atoms with Crippen LogP contribution in [0.1, 0.15) is 42.9 Å². The molecule has 3 atom stereocenters. The Balaban J connectivity index is 1.76. The van der Waals surface area contributed by atoms with Crippen LogP contribution in [0.15, 0.2) is 18.3 Å². The molecule has 2 heterocycles. The fourth-order valence-corrected chi connectivity index (χ4v) is 3.65. The van der Waals surface area contributed by atoms with Gasteiger partial charge < -0.3 is 10.1 Å². The smallest absolute Gasteiger partial charge is 0.0495 e. The van der Waals surface area contributed by atoms with E-state index in [1.54, 1.807) is 0 Å². The van der Waals surface area contributed by atoms with Gasteiger partial charge in [0.2, 0.25) is 0 Å². The summed E-state index contributed by atoms with van der Waals surface area (Å²) in [7, 11) is 2.09. The van der Waals surface area contributed by atoms with Crippen molar-refractivity contribution in [1.29, 1.82) is 0 Å². The van der Waals surface area contributed by atoms with E-state index in [1.165, 1.54) is 43.4 Å². The molecular weight excluding hydrogens is 236 g/mol. The van der Waals surface area contributed by atoms with Crippen molar-refractivity contribution >= 4 is 0 Å². The SMILES string of the molecule is CNC(CC1CCOC1)C1CCCc2cccnc21. The van der Waals surface area contributed by atoms with Crippen molar-refractivity contribution in [3.8, 4) is 0 Å². The molecule has 0 aromatic carbocycles. The zero-order valence-electron chi connectivity index (χ0n) is 11.8. The lowest BCUT2D eigenvalue weighted by Crippen LogP contribution is -2.36. The van der Waals surface area contributed by atoms with Crippen molar-refractivity contribution in [1.82, 2.24) is 10.3 Å². The van der Waals surface area contributed by atoms with Crippen LogP contribution < -0.4 is 5.32 Å². The van der Waals surface area contributed by atoms with Gasteiger partial charge in [0.25, 0.3) is 0 Å². The van der Waals surface area contributed by atoms with E-state index in [2.05, 4.69) is 29.5 Å². The van der Waals surface area contributed by atoms with Gasteiger partial charge in [-0.05, 0) is 56.7 Å². The first-order valence-corrected chi connectivity index (χ1v) is 7.57. The van der Waals surface area contributed by atoms with Gasteiger partial charge in [-0.25, -0.2) is 0 Å². The van der Waals surface area contributed by atoms with Crippen LogP contribution in [0.4, 0.5) is 0 Å². The zero-order chi connectivity index (χ0) is 13.1. The van der Waals surface area contributed by atoms with E-state index in [0.29, 0.717) is 12.0 Å². The van der Waals surface area contributed by atoms with Crippen molar-refractivity contribution in [2.75, 3.05) is 20.3 Å². The van der Waals surface area contributed by atoms with E-state index in [0.717, 1.165) is 19.1 Å². The molecule has 3 rings (SSSR count). The summed E-state index contributed by atoms with van der Waals surface area (Å²) in [6, 6.07) is 4.86. The first kappa shape index (κ1) is 13.1. The van der Waals surface area contributed by atoms with Gasteiger partial charge in [0.1, 0.15) is 0 Å². The number of likely N-dealkylation sites (N-methyl/N-ethyl adjacent to an activating group) is 1. The fourth-order valence-electron chi connectivity index (χ4n) is 3.65. The molecular formula is C16H24N2O. The number of fused-ring (bicyclic) bond motifs is 1. The minimum atomic E-state index is 0.542. The minimum Gasteiger partial charge on any atom is -0.381 e. The maximum atomic E-state index is 5.52. The number of hydrogen-bond acceptors (Lipinski definition) is 3. The first-order valence-electron chi connectivity index (χ1n) is 7.57. The molecule has 3 heteroatoms. The Morgan fingerprint density at radius 3 is 3.21 bits per heavy atom. The predicted octanol–water partition coefficient (Wildman–Crippen LogP) is 2.52. The van der Waals surface area contributed by atoms with Gasteiger partial charge in [-0.15, -0.1) is 0 Å². The number of nitrogens with one attached hydrogen (secondary N) is 1. The van der Waals surface area contributed by atoms with Crippen LogP contribution >= 0.6 is 0 Å². The molecule has 1 aliphatic heterocycles. The fraction of sp³-hybridized carbons (Fsp3) is 0.688. The molecule has 3 nitrogen and oxygen atoms in total. The van der Waals surface area contributed by atoms with Crippen molar-refractivity contribution in [3.63, 3.8) is 0 Å². The zero-order valence-corrected chi connectivity index (χ0v) is 11.8. The average molecular weight is 260 g/mol. The Kier molecular flexibility index (Phi) is 4.14. The molecule has 0 spiro atoms. The number of ether oxygens (including phenoxy) is 1. The van der Waals surface area contributed by atoms with E-state index in [4.69, 9.17) is 4.74 Å². The monoisotopic (exact) mass is 260 g/mol. The summed E-state index contributed by atoms with van der Waals surface area (Å²) in [5.74, 6) is 1.31. The highest BCUT2D eigenvalue weighted by Crippen LogP contribution is 2.35. The molecule has 1 saturated heterocycles. The Hall–Kier alpha value is -0.930. The molecule has 1 N–H and O–H groups in total. The maximum absolute atomic E-state index is 5.52. The number of hydrogen-bond donors (Lipinski definition) is 1. The van der Waals surface area contributed by atoms with Crippen LogP contribution in [0.5, 0.6) is 0 Å². The second kappa shape index (κ2) is 6.02. The molecule has 1 fully saturated rings. The highest BCUT2D eigenvalue weighted by Gasteiger charge is 2.30. The molecule has 19 heavy (non-hydrogen) atoms. The molecule has 1 aromatic heterocycles. The lowest BCUT2D eigenvalue weighted by Gasteiger charge is -2.32. The molecule has 0 amide bonds. The Labute approximate surface area is 115 Å². The van der Waals surface area contributed by atoms with E-state index in [-0.39, 0.29) is 0 Å². The summed E-state index contributed by atoms with van der Waals surface area (Å²) in [5, 5.41) is 3.54. The lowest BCUT2D eigenvalue weighted by molar-refractivity contribution is 0.179. The second-order valence-corrected chi connectivity index (χ2v) is 5.91. The van der Waals surface area contributed by atoms with Crippen molar-refractivity contribution < 1.29 is 4.74 Å². The first-order chi connectivity index (χ1) is 9.38. The molecule has 1 aliphatic carbocycles. The number of aryl methyl sites for hydroxylation is 1. The summed E-state index contributed by atoms with van der Waals surface area (Å²) in [4.78, 5) is 4.67. The molecule has 2 aliphatic rings. The van der Waals surface area contributed by atoms with Crippen molar-refractivity contribution in [3.05, 3.63) is 29.6 Å². The highest BCUT2D eigenvalue weighted by atomic mass is 16.5. The summed E-state index contributed by atoms with van der Waals surface area (Å²) in [6.07, 6.45) is 8.15. The van der Waals surface area contributed by atoms with Crippen molar-refractivity contribution in [2.24, 2.45) is 5.92 Å². The minimum absolute atomic E-state index is 0.542. The van der Waals surface area contributed by atoms with Gasteiger partial charge >= 0.3 is 0 Å². The highest BCUT2D eigenvalue weighted by molar-refractivity contribution is 5.27. The quantitative estimate of drug-likeness (QED) is 0.903. The summed E-state index contributed by atoms with van der Waals surface area (Å²) >= 11 is 0. The summed E-state index contributed by atoms with van der Waals surface area (Å²) in [6.45, 7) is 1.89. The topological polar surface area (TPSA) is 34.1 Å². The maximum Gasteiger partial charge on any atom is 0.0495 e. The van der Waals surface area contributed by atoms with E-state index in [1.807, 2.05) is 6.20 Å². The number of nitrogens with zero attached hydrogens (tertiary/aromatic N) is 1. The third-order valence-electron chi connectivity index (χ3n) is 4.71. The molecule has 0 bridgehead atoms. The van der Waals surface area contributed by atoms with Gasteiger partial charge in [0.15, 0.2) is 0 Å². The van der Waals surface area contributed by atoms with E-state index in [9.17, 15) is 0 Å². The second-order valence-electron chi connectivity index (χ2n) is 5.91. The molecule has 3 unspecified atom stereocenters. The van der Waals surface area contributed by atoms with Gasteiger partial charge in [0, 0.05) is 37.1 Å². The third-order valence-corrected chi connectivity index (χ3v) is 4.71. The van der Waals surface area contributed by atoms with Crippen LogP contribution in [-0.4, -0.2) is 31.3 Å². The predicted molar refractivity (Wildman–Crippen MR) is 76.3 cm³/mol. The average Bonchev–Trinajstić information content (AvgIpc) is 2.97. The van der Waals surface area contributed by atoms with E-state index < -0.39 is 0 Å². The summed E-state index contributed by atoms with van der Waals surface area (Å²) in [5.41, 5.74) is 2.80. The van der Waals surface area contributed by atoms with Gasteiger partial charge in [0.05, 0.1) is 0 Å². The standard InChI is InChI=1S/C16H24N2O/c1-17-15(10-12-7-9-19-11-12)14-6-2-4-13-5-3-8-18-16(13)14/h3,5,8,12,14-15,17H,2,4,6-7,9-11H2,1H3. The molecule has 1 aromatic rings. The number of aromatic nitrogens is 1. The molecule has 0 radical (unpaired) electrons. The van der Waals surface area contributed by atoms with Gasteiger partial charge in [-0.3, -0.25) is 4.98 Å². The number of rotatable bonds is 4. The van der Waals surface area contributed by atoms with Crippen LogP contribution in [0.3, 0.4) is 0 Å². The third kappa shape index (κ3) is 2.82. The normalized spacial score (nSPS) is 28.1. The van der Waals surface area contributed by atoms with Crippen LogP contribution in [0, 0.1) is 5.92 Å². The van der Waals surface area contributed by atoms with Crippen LogP contribution in [0.2, 0.25) is 0 Å². The van der Waals surface area contributed by atoms with Crippen LogP contribution in [0.25, 0.3) is 0 Å².